The molecule has 7 nitrogen and oxygen atoms in total. The van der Waals surface area contributed by atoms with Crippen molar-refractivity contribution in [2.24, 2.45) is 0 Å². The highest BCUT2D eigenvalue weighted by Gasteiger charge is 2.66. The highest BCUT2D eigenvalue weighted by molar-refractivity contribution is 6.24. The van der Waals surface area contributed by atoms with Gasteiger partial charge in [-0.2, -0.15) is 0 Å². The second-order valence-corrected chi connectivity index (χ2v) is 10.9. The van der Waals surface area contributed by atoms with E-state index < -0.39 is 22.8 Å². The summed E-state index contributed by atoms with van der Waals surface area (Å²) in [5.41, 5.74) is 4.08. The summed E-state index contributed by atoms with van der Waals surface area (Å²) in [4.78, 5) is 51.4. The molecule has 202 valence electrons. The van der Waals surface area contributed by atoms with Gasteiger partial charge in [-0.3, -0.25) is 19.3 Å². The maximum Gasteiger partial charge on any atom is 0.297 e. The van der Waals surface area contributed by atoms with Crippen molar-refractivity contribution >= 4 is 34.3 Å². The number of amides is 2. The summed E-state index contributed by atoms with van der Waals surface area (Å²) in [6, 6.07) is 22.4. The van der Waals surface area contributed by atoms with Gasteiger partial charge in [0.25, 0.3) is 11.8 Å². The van der Waals surface area contributed by atoms with E-state index >= 15 is 4.79 Å². The van der Waals surface area contributed by atoms with Crippen LogP contribution in [-0.2, 0) is 16.9 Å². The standard InChI is InChI=1S/C34H27N3O4/c1-19-13-14-35-28(15-19)37-32(39)31-29(30(38)24-16-21(3)22(4)17-27(24)41-31)34(37)25-11-7-8-12-26(25)36(33(34)40)18-23-10-6-5-9-20(23)2/h5-17H,18H2,1-4H3. The molecule has 4 heterocycles. The smallest absolute Gasteiger partial charge is 0.297 e. The number of hydrogen-bond acceptors (Lipinski definition) is 5. The zero-order chi connectivity index (χ0) is 28.6. The van der Waals surface area contributed by atoms with E-state index in [2.05, 4.69) is 4.98 Å². The van der Waals surface area contributed by atoms with E-state index in [1.807, 2.05) is 82.3 Å². The third-order valence-corrected chi connectivity index (χ3v) is 8.46. The first-order valence-corrected chi connectivity index (χ1v) is 13.5. The van der Waals surface area contributed by atoms with Gasteiger partial charge in [0.05, 0.1) is 23.2 Å². The van der Waals surface area contributed by atoms with Gasteiger partial charge >= 0.3 is 0 Å². The first-order valence-electron chi connectivity index (χ1n) is 13.5. The van der Waals surface area contributed by atoms with Crippen LogP contribution in [0.5, 0.6) is 0 Å². The van der Waals surface area contributed by atoms with Crippen LogP contribution in [0.2, 0.25) is 0 Å². The maximum absolute atomic E-state index is 15.0. The lowest BCUT2D eigenvalue weighted by atomic mass is 9.83. The lowest BCUT2D eigenvalue weighted by molar-refractivity contribution is -0.121. The van der Waals surface area contributed by atoms with E-state index in [4.69, 9.17) is 4.42 Å². The molecule has 1 spiro atoms. The Morgan fingerprint density at radius 2 is 1.56 bits per heavy atom. The Balaban J connectivity index is 1.58. The van der Waals surface area contributed by atoms with Crippen LogP contribution in [0.4, 0.5) is 11.5 Å². The van der Waals surface area contributed by atoms with Gasteiger partial charge in [0, 0.05) is 11.8 Å². The number of pyridine rings is 1. The molecule has 0 N–H and O–H groups in total. The quantitative estimate of drug-likeness (QED) is 0.285. The minimum atomic E-state index is -1.78. The monoisotopic (exact) mass is 541 g/mol. The lowest BCUT2D eigenvalue weighted by Crippen LogP contribution is -2.54. The van der Waals surface area contributed by atoms with Crippen molar-refractivity contribution in [3.05, 3.63) is 134 Å². The van der Waals surface area contributed by atoms with E-state index in [0.717, 1.165) is 27.8 Å². The number of hydrogen-bond donors (Lipinski definition) is 0. The minimum Gasteiger partial charge on any atom is -0.450 e. The number of benzene rings is 3. The van der Waals surface area contributed by atoms with Gasteiger partial charge in [0.1, 0.15) is 11.4 Å². The number of rotatable bonds is 3. The van der Waals surface area contributed by atoms with Crippen LogP contribution >= 0.6 is 0 Å². The molecule has 2 aliphatic rings. The molecular formula is C34H27N3O4. The molecule has 0 saturated heterocycles. The molecule has 0 fully saturated rings. The zero-order valence-electron chi connectivity index (χ0n) is 23.2. The van der Waals surface area contributed by atoms with E-state index in [-0.39, 0.29) is 23.7 Å². The van der Waals surface area contributed by atoms with Gasteiger partial charge in [-0.1, -0.05) is 42.5 Å². The summed E-state index contributed by atoms with van der Waals surface area (Å²) in [6.07, 6.45) is 1.60. The van der Waals surface area contributed by atoms with Crippen LogP contribution in [0.25, 0.3) is 11.0 Å². The first kappa shape index (κ1) is 25.0. The number of fused-ring (bicyclic) bond motifs is 5. The van der Waals surface area contributed by atoms with Crippen LogP contribution in [-0.4, -0.2) is 16.8 Å². The van der Waals surface area contributed by atoms with E-state index in [0.29, 0.717) is 22.2 Å². The molecule has 0 saturated carbocycles. The van der Waals surface area contributed by atoms with Crippen LogP contribution < -0.4 is 15.2 Å². The Morgan fingerprint density at radius 3 is 2.34 bits per heavy atom. The van der Waals surface area contributed by atoms with Gasteiger partial charge in [-0.15, -0.1) is 0 Å². The molecule has 2 amide bonds. The van der Waals surface area contributed by atoms with Gasteiger partial charge in [0.15, 0.2) is 11.0 Å². The van der Waals surface area contributed by atoms with Crippen LogP contribution in [0.15, 0.2) is 88.2 Å². The number of carbonyl (C=O) groups excluding carboxylic acids is 2. The fourth-order valence-electron chi connectivity index (χ4n) is 6.22. The number of para-hydroxylation sites is 1. The summed E-state index contributed by atoms with van der Waals surface area (Å²) >= 11 is 0. The molecule has 2 aliphatic heterocycles. The predicted molar refractivity (Wildman–Crippen MR) is 157 cm³/mol. The Morgan fingerprint density at radius 1 is 0.829 bits per heavy atom. The molecule has 7 rings (SSSR count). The van der Waals surface area contributed by atoms with Crippen molar-refractivity contribution in [1.29, 1.82) is 0 Å². The van der Waals surface area contributed by atoms with Crippen LogP contribution in [0, 0.1) is 27.7 Å². The fourth-order valence-corrected chi connectivity index (χ4v) is 6.22. The summed E-state index contributed by atoms with van der Waals surface area (Å²) in [5, 5.41) is 0.334. The van der Waals surface area contributed by atoms with Gasteiger partial charge < -0.3 is 9.32 Å². The molecule has 41 heavy (non-hydrogen) atoms. The van der Waals surface area contributed by atoms with Gasteiger partial charge in [-0.05, 0) is 85.8 Å². The average molecular weight is 542 g/mol. The predicted octanol–water partition coefficient (Wildman–Crippen LogP) is 5.87. The summed E-state index contributed by atoms with van der Waals surface area (Å²) in [7, 11) is 0. The Hall–Kier alpha value is -5.04. The van der Waals surface area contributed by atoms with Gasteiger partial charge in [0.2, 0.25) is 5.76 Å². The largest absolute Gasteiger partial charge is 0.450 e. The molecule has 1 atom stereocenters. The second kappa shape index (κ2) is 8.73. The van der Waals surface area contributed by atoms with E-state index in [1.54, 1.807) is 29.3 Å². The Bertz CT molecular complexity index is 2010. The SMILES string of the molecule is Cc1ccnc(N2C(=O)c3oc4cc(C)c(C)cc4c(=O)c3C23C(=O)N(Cc2ccccc2C)c2ccccc23)c1. The van der Waals surface area contributed by atoms with Crippen molar-refractivity contribution in [3.63, 3.8) is 0 Å². The van der Waals surface area contributed by atoms with Crippen molar-refractivity contribution in [2.75, 3.05) is 9.80 Å². The molecule has 5 aromatic rings. The highest BCUT2D eigenvalue weighted by atomic mass is 16.3. The molecule has 0 aliphatic carbocycles. The van der Waals surface area contributed by atoms with Crippen LogP contribution in [0.3, 0.4) is 0 Å². The van der Waals surface area contributed by atoms with E-state index in [9.17, 15) is 9.59 Å². The van der Waals surface area contributed by atoms with E-state index in [1.165, 1.54) is 4.90 Å². The third-order valence-electron chi connectivity index (χ3n) is 8.46. The summed E-state index contributed by atoms with van der Waals surface area (Å²) < 4.78 is 6.25. The van der Waals surface area contributed by atoms with Crippen LogP contribution in [0.1, 0.15) is 49.5 Å². The van der Waals surface area contributed by atoms with Crippen molar-refractivity contribution in [1.82, 2.24) is 4.98 Å². The average Bonchev–Trinajstić information content (AvgIpc) is 3.35. The number of carbonyl (C=O) groups is 2. The molecule has 3 aromatic carbocycles. The molecular weight excluding hydrogens is 514 g/mol. The van der Waals surface area contributed by atoms with Crippen molar-refractivity contribution < 1.29 is 14.0 Å². The number of aryl methyl sites for hydroxylation is 4. The second-order valence-electron chi connectivity index (χ2n) is 10.9. The Labute approximate surface area is 236 Å². The minimum absolute atomic E-state index is 0.0336. The normalized spacial score (nSPS) is 17.6. The molecule has 2 aromatic heterocycles. The zero-order valence-corrected chi connectivity index (χ0v) is 23.2. The number of aromatic nitrogens is 1. The number of anilines is 2. The fraction of sp³-hybridized carbons (Fsp3) is 0.176. The molecule has 0 bridgehead atoms. The number of nitrogens with zero attached hydrogens (tertiary/aromatic N) is 3. The Kier molecular flexibility index (Phi) is 5.32. The summed E-state index contributed by atoms with van der Waals surface area (Å²) in [5.74, 6) is -0.822. The third kappa shape index (κ3) is 3.32. The molecule has 7 heteroatoms. The topological polar surface area (TPSA) is 83.7 Å². The first-order chi connectivity index (χ1) is 19.7. The van der Waals surface area contributed by atoms with Crippen molar-refractivity contribution in [3.8, 4) is 0 Å². The highest BCUT2D eigenvalue weighted by Crippen LogP contribution is 2.54. The lowest BCUT2D eigenvalue weighted by Gasteiger charge is -2.33. The van der Waals surface area contributed by atoms with Crippen molar-refractivity contribution in [2.45, 2.75) is 39.8 Å². The molecule has 0 radical (unpaired) electrons. The van der Waals surface area contributed by atoms with Gasteiger partial charge in [-0.25, -0.2) is 4.98 Å². The summed E-state index contributed by atoms with van der Waals surface area (Å²) in [6.45, 7) is 8.02. The maximum atomic E-state index is 15.0. The molecule has 1 unspecified atom stereocenters.